The van der Waals surface area contributed by atoms with Crippen LogP contribution in [0.25, 0.3) is 10.2 Å². The number of hydrogen-bond acceptors (Lipinski definition) is 6. The van der Waals surface area contributed by atoms with Crippen molar-refractivity contribution < 1.29 is 8.42 Å². The molecule has 0 saturated carbocycles. The van der Waals surface area contributed by atoms with E-state index in [1.54, 1.807) is 0 Å². The number of nitrogens with two attached hydrogens (primary N) is 1. The number of hydrogen-bond donors (Lipinski definition) is 2. The lowest BCUT2D eigenvalue weighted by molar-refractivity contribution is 0.601. The van der Waals surface area contributed by atoms with E-state index < -0.39 is 10.0 Å². The first-order chi connectivity index (χ1) is 9.95. The normalized spacial score (nSPS) is 11.7. The Bertz CT molecular complexity index is 919. The molecule has 0 unspecified atom stereocenters. The van der Waals surface area contributed by atoms with E-state index in [4.69, 9.17) is 5.73 Å². The summed E-state index contributed by atoms with van der Waals surface area (Å²) in [7, 11) is -3.79. The summed E-state index contributed by atoms with van der Waals surface area (Å²) >= 11 is 1.28. The molecule has 0 fully saturated rings. The molecule has 2 aromatic heterocycles. The number of rotatable bonds is 3. The number of thiazole rings is 1. The van der Waals surface area contributed by atoms with Gasteiger partial charge in [-0.1, -0.05) is 17.4 Å². The van der Waals surface area contributed by atoms with E-state index in [0.29, 0.717) is 5.13 Å². The van der Waals surface area contributed by atoms with E-state index in [-0.39, 0.29) is 10.6 Å². The molecule has 21 heavy (non-hydrogen) atoms. The minimum absolute atomic E-state index is 0.0552. The first-order valence-electron chi connectivity index (χ1n) is 6.05. The van der Waals surface area contributed by atoms with Crippen LogP contribution in [0.15, 0.2) is 41.6 Å². The van der Waals surface area contributed by atoms with Gasteiger partial charge in [-0.05, 0) is 30.7 Å². The third-order valence-electron chi connectivity index (χ3n) is 2.87. The number of aromatic nitrogens is 2. The van der Waals surface area contributed by atoms with Crippen LogP contribution in [0.5, 0.6) is 0 Å². The standard InChI is InChI=1S/C13H12N4O2S2/c1-8-2-3-10-11(6-8)20-13(16-10)17-21(18,19)12-7-15-5-4-9(12)14/h2-7H,1H3,(H2,14,15)(H,16,17). The van der Waals surface area contributed by atoms with Crippen molar-refractivity contribution >= 4 is 42.4 Å². The van der Waals surface area contributed by atoms with Gasteiger partial charge >= 0.3 is 0 Å². The molecule has 0 radical (unpaired) electrons. The second-order valence-corrected chi connectivity index (χ2v) is 7.19. The van der Waals surface area contributed by atoms with Crippen molar-refractivity contribution in [3.63, 3.8) is 0 Å². The van der Waals surface area contributed by atoms with Gasteiger partial charge in [0.1, 0.15) is 4.90 Å². The number of pyridine rings is 1. The van der Waals surface area contributed by atoms with Crippen LogP contribution in [0, 0.1) is 6.92 Å². The first kappa shape index (κ1) is 13.8. The maximum absolute atomic E-state index is 12.3. The summed E-state index contributed by atoms with van der Waals surface area (Å²) in [5.41, 5.74) is 7.67. The SMILES string of the molecule is Cc1ccc2nc(NS(=O)(=O)c3cnccc3N)sc2c1. The second kappa shape index (κ2) is 4.97. The molecular weight excluding hydrogens is 308 g/mol. The van der Waals surface area contributed by atoms with Gasteiger partial charge in [0.15, 0.2) is 5.13 Å². The van der Waals surface area contributed by atoms with Crippen LogP contribution in [0.2, 0.25) is 0 Å². The van der Waals surface area contributed by atoms with Crippen molar-refractivity contribution in [2.45, 2.75) is 11.8 Å². The molecular formula is C13H12N4O2S2. The molecule has 6 nitrogen and oxygen atoms in total. The van der Waals surface area contributed by atoms with Crippen LogP contribution < -0.4 is 10.5 Å². The minimum Gasteiger partial charge on any atom is -0.398 e. The van der Waals surface area contributed by atoms with Crippen LogP contribution >= 0.6 is 11.3 Å². The smallest absolute Gasteiger partial charge is 0.267 e. The Labute approximate surface area is 125 Å². The molecule has 0 amide bonds. The molecule has 3 rings (SSSR count). The topological polar surface area (TPSA) is 98.0 Å². The van der Waals surface area contributed by atoms with Gasteiger partial charge < -0.3 is 5.73 Å². The van der Waals surface area contributed by atoms with E-state index in [0.717, 1.165) is 15.8 Å². The lowest BCUT2D eigenvalue weighted by Crippen LogP contribution is -2.14. The van der Waals surface area contributed by atoms with E-state index in [1.165, 1.54) is 29.8 Å². The summed E-state index contributed by atoms with van der Waals surface area (Å²) in [5.74, 6) is 0. The van der Waals surface area contributed by atoms with E-state index in [2.05, 4.69) is 14.7 Å². The van der Waals surface area contributed by atoms with Crippen LogP contribution in [0.4, 0.5) is 10.8 Å². The zero-order valence-corrected chi connectivity index (χ0v) is 12.7. The fraction of sp³-hybridized carbons (Fsp3) is 0.0769. The third kappa shape index (κ3) is 2.67. The highest BCUT2D eigenvalue weighted by molar-refractivity contribution is 7.93. The molecule has 3 aromatic rings. The van der Waals surface area contributed by atoms with Crippen molar-refractivity contribution in [3.8, 4) is 0 Å². The number of nitrogens with one attached hydrogen (secondary N) is 1. The van der Waals surface area contributed by atoms with Gasteiger partial charge in [-0.2, -0.15) is 0 Å². The van der Waals surface area contributed by atoms with Crippen molar-refractivity contribution in [3.05, 3.63) is 42.2 Å². The van der Waals surface area contributed by atoms with Crippen molar-refractivity contribution in [1.82, 2.24) is 9.97 Å². The highest BCUT2D eigenvalue weighted by atomic mass is 32.2. The largest absolute Gasteiger partial charge is 0.398 e. The van der Waals surface area contributed by atoms with Gasteiger partial charge in [-0.25, -0.2) is 13.4 Å². The number of aryl methyl sites for hydroxylation is 1. The number of sulfonamides is 1. The molecule has 0 aliphatic rings. The quantitative estimate of drug-likeness (QED) is 0.772. The van der Waals surface area contributed by atoms with Crippen molar-refractivity contribution in [2.75, 3.05) is 10.5 Å². The van der Waals surface area contributed by atoms with Crippen LogP contribution in [-0.2, 0) is 10.0 Å². The van der Waals surface area contributed by atoms with Gasteiger partial charge in [-0.3, -0.25) is 9.71 Å². The molecule has 0 saturated heterocycles. The van der Waals surface area contributed by atoms with E-state index in [1.807, 2.05) is 25.1 Å². The zero-order chi connectivity index (χ0) is 15.0. The van der Waals surface area contributed by atoms with E-state index in [9.17, 15) is 8.42 Å². The summed E-state index contributed by atoms with van der Waals surface area (Å²) in [6, 6.07) is 7.19. The zero-order valence-electron chi connectivity index (χ0n) is 11.1. The lowest BCUT2D eigenvalue weighted by Gasteiger charge is -2.06. The predicted octanol–water partition coefficient (Wildman–Crippen LogP) is 2.38. The summed E-state index contributed by atoms with van der Waals surface area (Å²) < 4.78 is 28.0. The molecule has 0 bridgehead atoms. The number of nitrogens with zero attached hydrogens (tertiary/aromatic N) is 2. The first-order valence-corrected chi connectivity index (χ1v) is 8.35. The fourth-order valence-electron chi connectivity index (χ4n) is 1.86. The molecule has 0 atom stereocenters. The number of nitrogen functional groups attached to an aromatic ring is 1. The predicted molar refractivity (Wildman–Crippen MR) is 83.8 cm³/mol. The molecule has 0 aliphatic heterocycles. The van der Waals surface area contributed by atoms with Crippen molar-refractivity contribution in [2.24, 2.45) is 0 Å². The number of fused-ring (bicyclic) bond motifs is 1. The van der Waals surface area contributed by atoms with Crippen molar-refractivity contribution in [1.29, 1.82) is 0 Å². The Morgan fingerprint density at radius 2 is 2.10 bits per heavy atom. The van der Waals surface area contributed by atoms with Crippen LogP contribution in [0.1, 0.15) is 5.56 Å². The Morgan fingerprint density at radius 3 is 2.86 bits per heavy atom. The number of benzene rings is 1. The summed E-state index contributed by atoms with van der Waals surface area (Å²) in [6.07, 6.45) is 2.66. The van der Waals surface area contributed by atoms with Gasteiger partial charge in [0, 0.05) is 12.4 Å². The molecule has 2 heterocycles. The highest BCUT2D eigenvalue weighted by Gasteiger charge is 2.19. The summed E-state index contributed by atoms with van der Waals surface area (Å²) in [4.78, 5) is 8.00. The molecule has 1 aromatic carbocycles. The average molecular weight is 320 g/mol. The molecule has 8 heteroatoms. The summed E-state index contributed by atoms with van der Waals surface area (Å²) in [6.45, 7) is 1.97. The Kier molecular flexibility index (Phi) is 3.26. The summed E-state index contributed by atoms with van der Waals surface area (Å²) in [5, 5.41) is 0.304. The minimum atomic E-state index is -3.79. The second-order valence-electron chi connectivity index (χ2n) is 4.51. The van der Waals surface area contributed by atoms with Crippen LogP contribution in [-0.4, -0.2) is 18.4 Å². The van der Waals surface area contributed by atoms with Gasteiger partial charge in [-0.15, -0.1) is 0 Å². The number of anilines is 2. The maximum atomic E-state index is 12.3. The Hall–Kier alpha value is -2.19. The average Bonchev–Trinajstić information content (AvgIpc) is 2.79. The van der Waals surface area contributed by atoms with E-state index >= 15 is 0 Å². The molecule has 3 N–H and O–H groups in total. The fourth-order valence-corrected chi connectivity index (χ4v) is 4.14. The lowest BCUT2D eigenvalue weighted by atomic mass is 10.2. The Balaban J connectivity index is 1.99. The highest BCUT2D eigenvalue weighted by Crippen LogP contribution is 2.29. The molecule has 0 spiro atoms. The van der Waals surface area contributed by atoms with Gasteiger partial charge in [0.25, 0.3) is 10.0 Å². The van der Waals surface area contributed by atoms with Crippen LogP contribution in [0.3, 0.4) is 0 Å². The Morgan fingerprint density at radius 1 is 1.29 bits per heavy atom. The molecule has 108 valence electrons. The van der Waals surface area contributed by atoms with Gasteiger partial charge in [0.2, 0.25) is 0 Å². The maximum Gasteiger partial charge on any atom is 0.267 e. The molecule has 0 aliphatic carbocycles. The third-order valence-corrected chi connectivity index (χ3v) is 5.32. The van der Waals surface area contributed by atoms with Gasteiger partial charge in [0.05, 0.1) is 15.9 Å². The monoisotopic (exact) mass is 320 g/mol.